The van der Waals surface area contributed by atoms with Gasteiger partial charge in [-0.25, -0.2) is 4.39 Å². The molecule has 6 nitrogen and oxygen atoms in total. The van der Waals surface area contributed by atoms with E-state index < -0.39 is 12.1 Å². The van der Waals surface area contributed by atoms with E-state index in [1.54, 1.807) is 17.4 Å². The van der Waals surface area contributed by atoms with Gasteiger partial charge in [-0.05, 0) is 73.4 Å². The van der Waals surface area contributed by atoms with Crippen molar-refractivity contribution < 1.29 is 24.1 Å². The number of likely N-dealkylation sites (tertiary alicyclic amines) is 1. The Morgan fingerprint density at radius 2 is 2.23 bits per heavy atom. The molecule has 9 heteroatoms. The van der Waals surface area contributed by atoms with E-state index in [0.29, 0.717) is 25.7 Å². The maximum Gasteiger partial charge on any atom is 0.303 e. The van der Waals surface area contributed by atoms with Crippen molar-refractivity contribution in [3.8, 4) is 0 Å². The molecule has 1 aliphatic heterocycles. The summed E-state index contributed by atoms with van der Waals surface area (Å²) in [6, 6.07) is 7.30. The van der Waals surface area contributed by atoms with Crippen LogP contribution in [-0.2, 0) is 22.4 Å². The summed E-state index contributed by atoms with van der Waals surface area (Å²) in [4.78, 5) is 14.4. The fourth-order valence-electron chi connectivity index (χ4n) is 4.56. The van der Waals surface area contributed by atoms with Crippen LogP contribution in [-0.4, -0.2) is 59.6 Å². The lowest BCUT2D eigenvalue weighted by molar-refractivity contribution is -0.136. The van der Waals surface area contributed by atoms with E-state index in [9.17, 15) is 14.3 Å². The first-order valence-corrected chi connectivity index (χ1v) is 13.6. The van der Waals surface area contributed by atoms with Crippen LogP contribution in [0.15, 0.2) is 29.6 Å². The minimum absolute atomic E-state index is 0.0968. The first-order chi connectivity index (χ1) is 16.9. The minimum atomic E-state index is -0.808. The van der Waals surface area contributed by atoms with Gasteiger partial charge in [0, 0.05) is 30.6 Å². The molecule has 35 heavy (non-hydrogen) atoms. The number of thiophene rings is 1. The fraction of sp³-hybridized carbons (Fsp3) is 0.577. The smallest absolute Gasteiger partial charge is 0.303 e. The van der Waals surface area contributed by atoms with E-state index >= 15 is 0 Å². The van der Waals surface area contributed by atoms with Crippen molar-refractivity contribution >= 4 is 28.9 Å². The summed E-state index contributed by atoms with van der Waals surface area (Å²) < 4.78 is 19.9. The SMILES string of the molecule is CCCC(OC[C@H](O)CNCN1CCC[C@H]1Cc1ccc(Cl)c(F)c1)c1sccc1CCC(=O)O. The van der Waals surface area contributed by atoms with Gasteiger partial charge < -0.3 is 20.3 Å². The number of aliphatic carboxylic acids is 1. The quantitative estimate of drug-likeness (QED) is 0.302. The maximum absolute atomic E-state index is 13.8. The topological polar surface area (TPSA) is 82.0 Å². The molecule has 1 aromatic heterocycles. The minimum Gasteiger partial charge on any atom is -0.481 e. The van der Waals surface area contributed by atoms with E-state index in [2.05, 4.69) is 17.1 Å². The van der Waals surface area contributed by atoms with Crippen LogP contribution < -0.4 is 5.32 Å². The molecule has 0 amide bonds. The second-order valence-electron chi connectivity index (χ2n) is 9.14. The Morgan fingerprint density at radius 1 is 1.40 bits per heavy atom. The number of carbonyl (C=O) groups is 1. The molecule has 3 rings (SSSR count). The third-order valence-electron chi connectivity index (χ3n) is 6.37. The van der Waals surface area contributed by atoms with Crippen molar-refractivity contribution in [1.29, 1.82) is 0 Å². The number of carboxylic acid groups (broad SMARTS) is 1. The van der Waals surface area contributed by atoms with Crippen LogP contribution >= 0.6 is 22.9 Å². The Kier molecular flexibility index (Phi) is 11.4. The average molecular weight is 527 g/mol. The van der Waals surface area contributed by atoms with E-state index in [4.69, 9.17) is 21.4 Å². The molecule has 0 bridgehead atoms. The number of aliphatic hydroxyl groups excluding tert-OH is 1. The highest BCUT2D eigenvalue weighted by atomic mass is 35.5. The van der Waals surface area contributed by atoms with Crippen LogP contribution in [0.4, 0.5) is 4.39 Å². The molecule has 1 fully saturated rings. The van der Waals surface area contributed by atoms with Gasteiger partial charge in [0.15, 0.2) is 0 Å². The Labute approximate surface area is 216 Å². The summed E-state index contributed by atoms with van der Waals surface area (Å²) in [6.45, 7) is 4.33. The normalized spacial score (nSPS) is 18.1. The van der Waals surface area contributed by atoms with Gasteiger partial charge in [-0.2, -0.15) is 0 Å². The molecule has 1 aliphatic rings. The van der Waals surface area contributed by atoms with E-state index in [1.165, 1.54) is 6.07 Å². The number of aliphatic hydroxyl groups is 1. The Morgan fingerprint density at radius 3 is 2.97 bits per heavy atom. The second-order valence-corrected chi connectivity index (χ2v) is 10.5. The number of nitrogens with one attached hydrogen (secondary N) is 1. The molecule has 0 saturated carbocycles. The predicted octanol–water partition coefficient (Wildman–Crippen LogP) is 5.03. The third-order valence-corrected chi connectivity index (χ3v) is 7.73. The molecule has 0 spiro atoms. The van der Waals surface area contributed by atoms with Gasteiger partial charge in [-0.3, -0.25) is 9.69 Å². The lowest BCUT2D eigenvalue weighted by atomic mass is 10.0. The van der Waals surface area contributed by atoms with Crippen molar-refractivity contribution in [2.24, 2.45) is 0 Å². The molecule has 3 atom stereocenters. The van der Waals surface area contributed by atoms with Gasteiger partial charge in [-0.15, -0.1) is 11.3 Å². The Bertz CT molecular complexity index is 944. The molecule has 2 heterocycles. The number of rotatable bonds is 15. The average Bonchev–Trinajstić information content (AvgIpc) is 3.47. The number of carboxylic acids is 1. The zero-order valence-corrected chi connectivity index (χ0v) is 21.8. The monoisotopic (exact) mass is 526 g/mol. The summed E-state index contributed by atoms with van der Waals surface area (Å²) in [5.74, 6) is -1.19. The summed E-state index contributed by atoms with van der Waals surface area (Å²) in [6.07, 6.45) is 4.47. The summed E-state index contributed by atoms with van der Waals surface area (Å²) in [7, 11) is 0. The van der Waals surface area contributed by atoms with Crippen LogP contribution in [0.3, 0.4) is 0 Å². The largest absolute Gasteiger partial charge is 0.481 e. The van der Waals surface area contributed by atoms with E-state index in [-0.39, 0.29) is 30.0 Å². The zero-order valence-electron chi connectivity index (χ0n) is 20.2. The second kappa shape index (κ2) is 14.3. The number of benzene rings is 1. The number of hydrogen-bond donors (Lipinski definition) is 3. The first-order valence-electron chi connectivity index (χ1n) is 12.3. The highest BCUT2D eigenvalue weighted by Gasteiger charge is 2.25. The number of aryl methyl sites for hydroxylation is 1. The molecule has 1 saturated heterocycles. The van der Waals surface area contributed by atoms with Crippen LogP contribution in [0, 0.1) is 5.82 Å². The molecular weight excluding hydrogens is 491 g/mol. The molecule has 194 valence electrons. The van der Waals surface area contributed by atoms with Crippen molar-refractivity contribution in [3.63, 3.8) is 0 Å². The summed E-state index contributed by atoms with van der Waals surface area (Å²) in [5.41, 5.74) is 1.96. The molecule has 2 aromatic rings. The van der Waals surface area contributed by atoms with Crippen molar-refractivity contribution in [2.45, 2.75) is 70.1 Å². The van der Waals surface area contributed by atoms with Crippen molar-refractivity contribution in [3.05, 3.63) is 56.5 Å². The van der Waals surface area contributed by atoms with Crippen molar-refractivity contribution in [2.75, 3.05) is 26.4 Å². The lowest BCUT2D eigenvalue weighted by Crippen LogP contribution is -2.42. The molecule has 1 aromatic carbocycles. The lowest BCUT2D eigenvalue weighted by Gasteiger charge is -2.26. The highest BCUT2D eigenvalue weighted by molar-refractivity contribution is 7.10. The molecule has 1 unspecified atom stereocenters. The Balaban J connectivity index is 1.43. The van der Waals surface area contributed by atoms with Crippen molar-refractivity contribution in [1.82, 2.24) is 10.2 Å². The van der Waals surface area contributed by atoms with Crippen LogP contribution in [0.25, 0.3) is 0 Å². The van der Waals surface area contributed by atoms with Crippen LogP contribution in [0.5, 0.6) is 0 Å². The summed E-state index contributed by atoms with van der Waals surface area (Å²) >= 11 is 7.38. The van der Waals surface area contributed by atoms with Crippen LogP contribution in [0.2, 0.25) is 5.02 Å². The maximum atomic E-state index is 13.8. The first kappa shape index (κ1) is 28.0. The van der Waals surface area contributed by atoms with Gasteiger partial charge in [-0.1, -0.05) is 31.0 Å². The van der Waals surface area contributed by atoms with Gasteiger partial charge in [0.1, 0.15) is 5.82 Å². The molecule has 3 N–H and O–H groups in total. The summed E-state index contributed by atoms with van der Waals surface area (Å²) in [5, 5.41) is 25.0. The zero-order chi connectivity index (χ0) is 25.2. The van der Waals surface area contributed by atoms with E-state index in [1.807, 2.05) is 17.5 Å². The predicted molar refractivity (Wildman–Crippen MR) is 138 cm³/mol. The number of ether oxygens (including phenoxy) is 1. The molecule has 0 aliphatic carbocycles. The van der Waals surface area contributed by atoms with Crippen LogP contribution in [0.1, 0.15) is 61.1 Å². The number of halogens is 2. The van der Waals surface area contributed by atoms with Gasteiger partial charge >= 0.3 is 5.97 Å². The number of nitrogens with zero attached hydrogens (tertiary/aromatic N) is 1. The van der Waals surface area contributed by atoms with E-state index in [0.717, 1.165) is 54.7 Å². The van der Waals surface area contributed by atoms with Gasteiger partial charge in [0.25, 0.3) is 0 Å². The highest BCUT2D eigenvalue weighted by Crippen LogP contribution is 2.32. The molecule has 0 radical (unpaired) electrons. The van der Waals surface area contributed by atoms with Gasteiger partial charge in [0.05, 0.1) is 23.8 Å². The Hall–Kier alpha value is -1.55. The third kappa shape index (κ3) is 8.81. The number of hydrogen-bond acceptors (Lipinski definition) is 6. The standard InChI is InChI=1S/C26H36ClFN2O4S/c1-2-4-24(26-19(10-12-35-26)7-9-25(32)33)34-16-21(31)15-29-17-30-11-3-5-20(30)13-18-6-8-22(27)23(28)14-18/h6,8,10,12,14,20-21,24,29,31H,2-5,7,9,11,13,15-17H2,1H3,(H,32,33)/t20-,21+,24?/m0/s1. The molecular formula is C26H36ClFN2O4S. The van der Waals surface area contributed by atoms with Gasteiger partial charge in [0.2, 0.25) is 0 Å². The fourth-order valence-corrected chi connectivity index (χ4v) is 5.72.